The van der Waals surface area contributed by atoms with E-state index in [1.165, 1.54) is 96.3 Å². The van der Waals surface area contributed by atoms with Crippen molar-refractivity contribution in [2.24, 2.45) is 11.7 Å². The van der Waals surface area contributed by atoms with E-state index >= 15 is 0 Å². The van der Waals surface area contributed by atoms with Crippen LogP contribution in [0.4, 0.5) is 0 Å². The second-order valence-electron chi connectivity index (χ2n) is 7.60. The van der Waals surface area contributed by atoms with Crippen LogP contribution >= 0.6 is 17.0 Å². The molecule has 0 aromatic heterocycles. The highest BCUT2D eigenvalue weighted by atomic mass is 79.9. The normalized spacial score (nSPS) is 12.9. The van der Waals surface area contributed by atoms with Crippen LogP contribution in [0.2, 0.25) is 0 Å². The lowest BCUT2D eigenvalue weighted by Crippen LogP contribution is -2.46. The predicted molar refractivity (Wildman–Crippen MR) is 113 cm³/mol. The molecule has 1 unspecified atom stereocenters. The van der Waals surface area contributed by atoms with Crippen molar-refractivity contribution < 1.29 is 0 Å². The van der Waals surface area contributed by atoms with Gasteiger partial charge in [-0.05, 0) is 25.2 Å². The molecule has 23 heavy (non-hydrogen) atoms. The van der Waals surface area contributed by atoms with Gasteiger partial charge in [0.1, 0.15) is 0 Å². The first-order chi connectivity index (χ1) is 10.6. The van der Waals surface area contributed by atoms with Crippen molar-refractivity contribution >= 4 is 17.0 Å². The molecule has 0 amide bonds. The molecule has 142 valence electrons. The standard InChI is InChI=1S/C21H45N.BrH/c1-5-8-11-14-17-20(4)21(22,18-15-12-9-6-2)19-16-13-10-7-3;/h20H,5-19,22H2,1-4H3;1H. The van der Waals surface area contributed by atoms with E-state index in [2.05, 4.69) is 27.7 Å². The summed E-state index contributed by atoms with van der Waals surface area (Å²) < 4.78 is 0. The van der Waals surface area contributed by atoms with E-state index in [4.69, 9.17) is 5.73 Å². The topological polar surface area (TPSA) is 26.0 Å². The van der Waals surface area contributed by atoms with Crippen LogP contribution in [0, 0.1) is 5.92 Å². The average Bonchev–Trinajstić information content (AvgIpc) is 2.52. The number of rotatable bonds is 16. The molecule has 1 atom stereocenters. The molecule has 2 N–H and O–H groups in total. The van der Waals surface area contributed by atoms with Gasteiger partial charge in [-0.3, -0.25) is 0 Å². The molecule has 0 aromatic rings. The van der Waals surface area contributed by atoms with Gasteiger partial charge in [-0.25, -0.2) is 0 Å². The smallest absolute Gasteiger partial charge is 0.0180 e. The molecule has 0 saturated carbocycles. The maximum absolute atomic E-state index is 6.92. The summed E-state index contributed by atoms with van der Waals surface area (Å²) in [4.78, 5) is 0. The van der Waals surface area contributed by atoms with E-state index in [1.54, 1.807) is 0 Å². The van der Waals surface area contributed by atoms with Crippen molar-refractivity contribution in [3.63, 3.8) is 0 Å². The fourth-order valence-electron chi connectivity index (χ4n) is 3.54. The van der Waals surface area contributed by atoms with Gasteiger partial charge in [0, 0.05) is 5.54 Å². The summed E-state index contributed by atoms with van der Waals surface area (Å²) in [5, 5.41) is 0. The molecular weight excluding hydrogens is 346 g/mol. The van der Waals surface area contributed by atoms with Gasteiger partial charge in [0.25, 0.3) is 0 Å². The van der Waals surface area contributed by atoms with Gasteiger partial charge in [0.05, 0.1) is 0 Å². The Hall–Kier alpha value is 0.440. The van der Waals surface area contributed by atoms with Gasteiger partial charge in [-0.15, -0.1) is 17.0 Å². The molecule has 0 heterocycles. The first-order valence-electron chi connectivity index (χ1n) is 10.4. The Morgan fingerprint density at radius 1 is 0.652 bits per heavy atom. The van der Waals surface area contributed by atoms with Crippen molar-refractivity contribution in [1.29, 1.82) is 0 Å². The lowest BCUT2D eigenvalue weighted by atomic mass is 9.75. The van der Waals surface area contributed by atoms with E-state index in [1.807, 2.05) is 0 Å². The summed E-state index contributed by atoms with van der Waals surface area (Å²) in [5.74, 6) is 0.688. The largest absolute Gasteiger partial charge is 0.325 e. The Bertz CT molecular complexity index is 218. The molecule has 0 radical (unpaired) electrons. The Morgan fingerprint density at radius 2 is 1.04 bits per heavy atom. The van der Waals surface area contributed by atoms with Gasteiger partial charge in [-0.2, -0.15) is 0 Å². The molecule has 1 nitrogen and oxygen atoms in total. The van der Waals surface area contributed by atoms with Crippen LogP contribution in [-0.4, -0.2) is 5.54 Å². The van der Waals surface area contributed by atoms with E-state index in [0.29, 0.717) is 5.92 Å². The Morgan fingerprint density at radius 3 is 1.43 bits per heavy atom. The minimum atomic E-state index is 0. The molecule has 2 heteroatoms. The maximum atomic E-state index is 6.92. The van der Waals surface area contributed by atoms with Crippen LogP contribution in [0.3, 0.4) is 0 Å². The third-order valence-electron chi connectivity index (χ3n) is 5.46. The van der Waals surface area contributed by atoms with Gasteiger partial charge >= 0.3 is 0 Å². The van der Waals surface area contributed by atoms with Crippen molar-refractivity contribution in [2.45, 2.75) is 130 Å². The van der Waals surface area contributed by atoms with Gasteiger partial charge in [0.15, 0.2) is 0 Å². The third kappa shape index (κ3) is 13.4. The second kappa shape index (κ2) is 17.3. The molecule has 0 aliphatic rings. The number of halogens is 1. The average molecular weight is 393 g/mol. The van der Waals surface area contributed by atoms with Gasteiger partial charge in [0.2, 0.25) is 0 Å². The summed E-state index contributed by atoms with van der Waals surface area (Å²) in [6.45, 7) is 9.29. The van der Waals surface area contributed by atoms with Crippen LogP contribution in [0.15, 0.2) is 0 Å². The van der Waals surface area contributed by atoms with Crippen molar-refractivity contribution in [1.82, 2.24) is 0 Å². The minimum absolute atomic E-state index is 0. The first-order valence-corrected chi connectivity index (χ1v) is 10.4. The summed E-state index contributed by atoms with van der Waals surface area (Å²) >= 11 is 0. The van der Waals surface area contributed by atoms with E-state index in [-0.39, 0.29) is 22.5 Å². The molecule has 0 aliphatic heterocycles. The van der Waals surface area contributed by atoms with Crippen LogP contribution in [-0.2, 0) is 0 Å². The maximum Gasteiger partial charge on any atom is 0.0180 e. The monoisotopic (exact) mass is 391 g/mol. The SMILES string of the molecule is Br.CCCCCCC(C)C(N)(CCCCCC)CCCCCC. The highest BCUT2D eigenvalue weighted by Gasteiger charge is 2.30. The van der Waals surface area contributed by atoms with Crippen LogP contribution in [0.5, 0.6) is 0 Å². The summed E-state index contributed by atoms with van der Waals surface area (Å²) in [7, 11) is 0. The third-order valence-corrected chi connectivity index (χ3v) is 5.46. The molecular formula is C21H46BrN. The predicted octanol–water partition coefficient (Wildman–Crippen LogP) is 7.81. The van der Waals surface area contributed by atoms with Gasteiger partial charge in [-0.1, -0.05) is 105 Å². The Kier molecular flexibility index (Phi) is 19.3. The zero-order valence-electron chi connectivity index (χ0n) is 16.7. The Balaban J connectivity index is 0. The summed E-state index contributed by atoms with van der Waals surface area (Å²) in [5.41, 5.74) is 7.03. The zero-order valence-corrected chi connectivity index (χ0v) is 18.4. The van der Waals surface area contributed by atoms with Crippen LogP contribution < -0.4 is 5.73 Å². The van der Waals surface area contributed by atoms with E-state index in [0.717, 1.165) is 0 Å². The second-order valence-corrected chi connectivity index (χ2v) is 7.60. The lowest BCUT2D eigenvalue weighted by Gasteiger charge is -2.36. The summed E-state index contributed by atoms with van der Waals surface area (Å²) in [6.07, 6.45) is 20.1. The fraction of sp³-hybridized carbons (Fsp3) is 1.00. The highest BCUT2D eigenvalue weighted by Crippen LogP contribution is 2.31. The van der Waals surface area contributed by atoms with Gasteiger partial charge < -0.3 is 5.73 Å². The van der Waals surface area contributed by atoms with Crippen LogP contribution in [0.1, 0.15) is 124 Å². The van der Waals surface area contributed by atoms with Crippen LogP contribution in [0.25, 0.3) is 0 Å². The summed E-state index contributed by atoms with van der Waals surface area (Å²) in [6, 6.07) is 0. The van der Waals surface area contributed by atoms with Crippen molar-refractivity contribution in [2.75, 3.05) is 0 Å². The number of nitrogens with two attached hydrogens (primary N) is 1. The fourth-order valence-corrected chi connectivity index (χ4v) is 3.54. The molecule has 0 rings (SSSR count). The van der Waals surface area contributed by atoms with E-state index < -0.39 is 0 Å². The molecule has 0 fully saturated rings. The molecule has 0 bridgehead atoms. The highest BCUT2D eigenvalue weighted by molar-refractivity contribution is 8.93. The Labute approximate surface area is 158 Å². The quantitative estimate of drug-likeness (QED) is 0.266. The first kappa shape index (κ1) is 25.7. The van der Waals surface area contributed by atoms with Crippen molar-refractivity contribution in [3.05, 3.63) is 0 Å². The molecule has 0 saturated heterocycles. The molecule has 0 spiro atoms. The number of hydrogen-bond acceptors (Lipinski definition) is 1. The number of unbranched alkanes of at least 4 members (excludes halogenated alkanes) is 9. The van der Waals surface area contributed by atoms with E-state index in [9.17, 15) is 0 Å². The zero-order chi connectivity index (χ0) is 16.7. The molecule has 0 aromatic carbocycles. The van der Waals surface area contributed by atoms with Crippen molar-refractivity contribution in [3.8, 4) is 0 Å². The number of hydrogen-bond donors (Lipinski definition) is 1. The minimum Gasteiger partial charge on any atom is -0.325 e. The molecule has 0 aliphatic carbocycles. The lowest BCUT2D eigenvalue weighted by molar-refractivity contribution is 0.220.